The van der Waals surface area contributed by atoms with Crippen LogP contribution in [0.3, 0.4) is 0 Å². The van der Waals surface area contributed by atoms with Gasteiger partial charge in [0, 0.05) is 12.4 Å². The smallest absolute Gasteiger partial charge is 0.263 e. The van der Waals surface area contributed by atoms with E-state index in [4.69, 9.17) is 9.47 Å². The highest BCUT2D eigenvalue weighted by atomic mass is 32.2. The van der Waals surface area contributed by atoms with Crippen LogP contribution in [0.15, 0.2) is 65.8 Å². The number of nitrogens with zero attached hydrogens (tertiary/aromatic N) is 2. The third-order valence-corrected chi connectivity index (χ3v) is 5.17. The standard InChI is InChI=1S/C20H21N3O4S/c1-3-26-17-6-4-5-16(13-17)14-27-20-19(21-11-12-22-20)23-28(24,25)18-9-7-15(2)8-10-18/h4-13H,3,14H2,1-2H3,(H,21,23). The molecule has 0 saturated carbocycles. The van der Waals surface area contributed by atoms with Crippen molar-refractivity contribution in [1.82, 2.24) is 9.97 Å². The zero-order chi connectivity index (χ0) is 20.0. The molecule has 0 amide bonds. The Morgan fingerprint density at radius 2 is 1.75 bits per heavy atom. The van der Waals surface area contributed by atoms with Gasteiger partial charge >= 0.3 is 0 Å². The molecule has 0 aliphatic heterocycles. The number of aryl methyl sites for hydroxylation is 1. The molecule has 146 valence electrons. The van der Waals surface area contributed by atoms with Gasteiger partial charge in [-0.15, -0.1) is 0 Å². The number of benzene rings is 2. The summed E-state index contributed by atoms with van der Waals surface area (Å²) in [5.41, 5.74) is 1.83. The van der Waals surface area contributed by atoms with Gasteiger partial charge in [-0.1, -0.05) is 29.8 Å². The van der Waals surface area contributed by atoms with Gasteiger partial charge in [0.1, 0.15) is 12.4 Å². The van der Waals surface area contributed by atoms with E-state index in [1.807, 2.05) is 38.1 Å². The van der Waals surface area contributed by atoms with E-state index < -0.39 is 10.0 Å². The highest BCUT2D eigenvalue weighted by molar-refractivity contribution is 7.92. The molecule has 0 saturated heterocycles. The van der Waals surface area contributed by atoms with E-state index >= 15 is 0 Å². The number of anilines is 1. The molecule has 0 spiro atoms. The summed E-state index contributed by atoms with van der Waals surface area (Å²) in [5, 5.41) is 0. The molecule has 28 heavy (non-hydrogen) atoms. The van der Waals surface area contributed by atoms with Crippen molar-refractivity contribution in [3.05, 3.63) is 72.1 Å². The summed E-state index contributed by atoms with van der Waals surface area (Å²) in [7, 11) is -3.80. The second-order valence-corrected chi connectivity index (χ2v) is 7.68. The van der Waals surface area contributed by atoms with E-state index in [0.717, 1.165) is 16.9 Å². The van der Waals surface area contributed by atoms with E-state index in [9.17, 15) is 8.42 Å². The lowest BCUT2D eigenvalue weighted by Crippen LogP contribution is -2.15. The van der Waals surface area contributed by atoms with Gasteiger partial charge in [0.05, 0.1) is 11.5 Å². The third kappa shape index (κ3) is 4.98. The predicted octanol–water partition coefficient (Wildman–Crippen LogP) is 3.56. The van der Waals surface area contributed by atoms with Gasteiger partial charge in [0.2, 0.25) is 5.82 Å². The van der Waals surface area contributed by atoms with E-state index in [-0.39, 0.29) is 23.2 Å². The average molecular weight is 399 g/mol. The Balaban J connectivity index is 1.76. The van der Waals surface area contributed by atoms with E-state index in [2.05, 4.69) is 14.7 Å². The van der Waals surface area contributed by atoms with E-state index in [1.165, 1.54) is 24.5 Å². The first-order chi connectivity index (χ1) is 13.5. The molecule has 0 bridgehead atoms. The summed E-state index contributed by atoms with van der Waals surface area (Å²) < 4.78 is 38.8. The molecule has 0 aliphatic rings. The minimum atomic E-state index is -3.80. The van der Waals surface area contributed by atoms with Gasteiger partial charge in [-0.2, -0.15) is 0 Å². The Bertz CT molecular complexity index is 1040. The maximum atomic E-state index is 12.6. The van der Waals surface area contributed by atoms with Gasteiger partial charge in [-0.25, -0.2) is 18.4 Å². The van der Waals surface area contributed by atoms with Crippen LogP contribution in [-0.4, -0.2) is 25.0 Å². The minimum absolute atomic E-state index is 0.0315. The number of ether oxygens (including phenoxy) is 2. The molecule has 0 unspecified atom stereocenters. The normalized spacial score (nSPS) is 11.1. The molecule has 3 rings (SSSR count). The third-order valence-electron chi connectivity index (χ3n) is 3.81. The number of aromatic nitrogens is 2. The van der Waals surface area contributed by atoms with Crippen LogP contribution >= 0.6 is 0 Å². The maximum Gasteiger partial charge on any atom is 0.263 e. The number of hydrogen-bond acceptors (Lipinski definition) is 6. The highest BCUT2D eigenvalue weighted by Crippen LogP contribution is 2.23. The number of rotatable bonds is 8. The largest absolute Gasteiger partial charge is 0.494 e. The number of hydrogen-bond donors (Lipinski definition) is 1. The van der Waals surface area contributed by atoms with Crippen molar-refractivity contribution < 1.29 is 17.9 Å². The first-order valence-corrected chi connectivity index (χ1v) is 10.2. The quantitative estimate of drug-likeness (QED) is 0.623. The van der Waals surface area contributed by atoms with Crippen LogP contribution in [0, 0.1) is 6.92 Å². The summed E-state index contributed by atoms with van der Waals surface area (Å²) >= 11 is 0. The summed E-state index contributed by atoms with van der Waals surface area (Å²) in [5.74, 6) is 0.868. The topological polar surface area (TPSA) is 90.4 Å². The molecule has 1 aromatic heterocycles. The van der Waals surface area contributed by atoms with Crippen molar-refractivity contribution in [1.29, 1.82) is 0 Å². The summed E-state index contributed by atoms with van der Waals surface area (Å²) in [6.07, 6.45) is 2.84. The SMILES string of the molecule is CCOc1cccc(COc2nccnc2NS(=O)(=O)c2ccc(C)cc2)c1. The van der Waals surface area contributed by atoms with E-state index in [0.29, 0.717) is 6.61 Å². The van der Waals surface area contributed by atoms with Crippen LogP contribution in [0.4, 0.5) is 5.82 Å². The molecule has 3 aromatic rings. The van der Waals surface area contributed by atoms with Crippen molar-refractivity contribution in [2.24, 2.45) is 0 Å². The Hall–Kier alpha value is -3.13. The fourth-order valence-electron chi connectivity index (χ4n) is 2.45. The highest BCUT2D eigenvalue weighted by Gasteiger charge is 2.18. The van der Waals surface area contributed by atoms with Crippen LogP contribution in [0.1, 0.15) is 18.1 Å². The zero-order valence-electron chi connectivity index (χ0n) is 15.6. The molecular formula is C20H21N3O4S. The average Bonchev–Trinajstić information content (AvgIpc) is 2.68. The molecule has 2 aromatic carbocycles. The van der Waals surface area contributed by atoms with Crippen LogP contribution in [0.25, 0.3) is 0 Å². The molecular weight excluding hydrogens is 378 g/mol. The van der Waals surface area contributed by atoms with Crippen molar-refractivity contribution in [3.8, 4) is 11.6 Å². The zero-order valence-corrected chi connectivity index (χ0v) is 16.4. The molecule has 0 atom stereocenters. The van der Waals surface area contributed by atoms with Crippen LogP contribution in [0.2, 0.25) is 0 Å². The lowest BCUT2D eigenvalue weighted by Gasteiger charge is -2.12. The summed E-state index contributed by atoms with van der Waals surface area (Å²) in [6, 6.07) is 14.0. The van der Waals surface area contributed by atoms with Crippen LogP contribution < -0.4 is 14.2 Å². The van der Waals surface area contributed by atoms with Crippen molar-refractivity contribution in [3.63, 3.8) is 0 Å². The van der Waals surface area contributed by atoms with Gasteiger partial charge in [-0.3, -0.25) is 4.72 Å². The second kappa shape index (κ2) is 8.71. The van der Waals surface area contributed by atoms with Crippen LogP contribution in [0.5, 0.6) is 11.6 Å². The Morgan fingerprint density at radius 1 is 1.00 bits per heavy atom. The molecule has 7 nitrogen and oxygen atoms in total. The molecule has 0 aliphatic carbocycles. The molecule has 0 radical (unpaired) electrons. The number of sulfonamides is 1. The van der Waals surface area contributed by atoms with E-state index in [1.54, 1.807) is 12.1 Å². The number of nitrogens with one attached hydrogen (secondary N) is 1. The lowest BCUT2D eigenvalue weighted by atomic mass is 10.2. The summed E-state index contributed by atoms with van der Waals surface area (Å²) in [6.45, 7) is 4.56. The van der Waals surface area contributed by atoms with Crippen molar-refractivity contribution in [2.45, 2.75) is 25.3 Å². The fraction of sp³-hybridized carbons (Fsp3) is 0.200. The Morgan fingerprint density at radius 3 is 2.50 bits per heavy atom. The minimum Gasteiger partial charge on any atom is -0.494 e. The Labute approximate surface area is 164 Å². The van der Waals surface area contributed by atoms with Gasteiger partial charge < -0.3 is 9.47 Å². The molecule has 8 heteroatoms. The molecule has 1 heterocycles. The Kier molecular flexibility index (Phi) is 6.10. The lowest BCUT2D eigenvalue weighted by molar-refractivity contribution is 0.292. The predicted molar refractivity (Wildman–Crippen MR) is 106 cm³/mol. The van der Waals surface area contributed by atoms with Crippen molar-refractivity contribution in [2.75, 3.05) is 11.3 Å². The van der Waals surface area contributed by atoms with Crippen molar-refractivity contribution >= 4 is 15.8 Å². The molecule has 0 fully saturated rings. The van der Waals surface area contributed by atoms with Gasteiger partial charge in [0.15, 0.2) is 0 Å². The van der Waals surface area contributed by atoms with Crippen LogP contribution in [-0.2, 0) is 16.6 Å². The van der Waals surface area contributed by atoms with Gasteiger partial charge in [0.25, 0.3) is 15.9 Å². The second-order valence-electron chi connectivity index (χ2n) is 6.00. The van der Waals surface area contributed by atoms with Gasteiger partial charge in [-0.05, 0) is 43.7 Å². The maximum absolute atomic E-state index is 12.6. The monoisotopic (exact) mass is 399 g/mol. The summed E-state index contributed by atoms with van der Waals surface area (Å²) in [4.78, 5) is 8.30. The first kappa shape index (κ1) is 19.6. The molecule has 1 N–H and O–H groups in total. The fourth-order valence-corrected chi connectivity index (χ4v) is 3.45. The first-order valence-electron chi connectivity index (χ1n) is 8.73.